The average molecular weight is 168 g/mol. The van der Waals surface area contributed by atoms with Crippen LogP contribution in [0.25, 0.3) is 0 Å². The summed E-state index contributed by atoms with van der Waals surface area (Å²) in [6, 6.07) is 0. The third kappa shape index (κ3) is 0.684. The number of hydrogen-bond acceptors (Lipinski definition) is 3. The second kappa shape index (κ2) is 2.24. The smallest absolute Gasteiger partial charge is 0.152 e. The first kappa shape index (κ1) is 6.92. The van der Waals surface area contributed by atoms with E-state index in [0.717, 1.165) is 13.0 Å². The van der Waals surface area contributed by atoms with Crippen molar-refractivity contribution >= 4 is 0 Å². The average Bonchev–Trinajstić information content (AvgIpc) is 2.61. The first-order valence-corrected chi connectivity index (χ1v) is 4.43. The Morgan fingerprint density at radius 3 is 3.17 bits per heavy atom. The summed E-state index contributed by atoms with van der Waals surface area (Å²) in [6.07, 6.45) is 3.42. The van der Waals surface area contributed by atoms with Gasteiger partial charge in [-0.05, 0) is 6.42 Å². The molecule has 12 heavy (non-hydrogen) atoms. The van der Waals surface area contributed by atoms with E-state index in [4.69, 9.17) is 14.2 Å². The molecule has 3 rings (SSSR count). The van der Waals surface area contributed by atoms with Crippen molar-refractivity contribution in [1.82, 2.24) is 0 Å². The highest BCUT2D eigenvalue weighted by atomic mass is 16.6. The minimum absolute atomic E-state index is 0.103. The Hall–Kier alpha value is -0.540. The maximum atomic E-state index is 5.73. The third-order valence-corrected chi connectivity index (χ3v) is 3.10. The van der Waals surface area contributed by atoms with Crippen molar-refractivity contribution < 1.29 is 14.2 Å². The van der Waals surface area contributed by atoms with Crippen molar-refractivity contribution in [2.24, 2.45) is 5.92 Å². The van der Waals surface area contributed by atoms with E-state index in [9.17, 15) is 0 Å². The predicted octanol–water partition coefficient (Wildman–Crippen LogP) is 0.701. The van der Waals surface area contributed by atoms with Gasteiger partial charge in [0.25, 0.3) is 0 Å². The van der Waals surface area contributed by atoms with Crippen molar-refractivity contribution in [2.45, 2.75) is 30.8 Å². The lowest BCUT2D eigenvalue weighted by molar-refractivity contribution is -0.000501. The van der Waals surface area contributed by atoms with Crippen molar-refractivity contribution in [3.05, 3.63) is 12.8 Å². The number of fused-ring (bicyclic) bond motifs is 1. The number of rotatable bonds is 2. The van der Waals surface area contributed by atoms with E-state index < -0.39 is 0 Å². The summed E-state index contributed by atoms with van der Waals surface area (Å²) in [6.45, 7) is 4.41. The van der Waals surface area contributed by atoms with Crippen LogP contribution in [0.5, 0.6) is 0 Å². The first-order chi connectivity index (χ1) is 5.90. The number of ether oxygens (including phenoxy) is 3. The molecule has 0 aromatic rings. The van der Waals surface area contributed by atoms with E-state index in [-0.39, 0.29) is 18.3 Å². The van der Waals surface area contributed by atoms with E-state index in [1.807, 2.05) is 0 Å². The van der Waals surface area contributed by atoms with Crippen LogP contribution in [0.2, 0.25) is 0 Å². The second-order valence-corrected chi connectivity index (χ2v) is 3.70. The first-order valence-electron chi connectivity index (χ1n) is 4.43. The molecule has 66 valence electrons. The molecular weight excluding hydrogens is 156 g/mol. The van der Waals surface area contributed by atoms with Gasteiger partial charge in [0.1, 0.15) is 6.10 Å². The monoisotopic (exact) mass is 168 g/mol. The van der Waals surface area contributed by atoms with Crippen molar-refractivity contribution in [3.8, 4) is 0 Å². The Labute approximate surface area is 71.3 Å². The van der Waals surface area contributed by atoms with Crippen LogP contribution < -0.4 is 0 Å². The standard InChI is InChI=1S/C9H12O3/c1-2-10-8-6-3-5-4-11-9(8)7(5)12-6/h2,5-9H,1,3-4H2. The molecule has 3 heterocycles. The molecule has 3 aliphatic heterocycles. The quantitative estimate of drug-likeness (QED) is 0.568. The minimum atomic E-state index is 0.103. The van der Waals surface area contributed by atoms with E-state index in [2.05, 4.69) is 6.58 Å². The fraction of sp³-hybridized carbons (Fsp3) is 0.778. The van der Waals surface area contributed by atoms with Crippen LogP contribution in [0.3, 0.4) is 0 Å². The van der Waals surface area contributed by atoms with Crippen molar-refractivity contribution in [1.29, 1.82) is 0 Å². The summed E-state index contributed by atoms with van der Waals surface area (Å²) in [5, 5.41) is 0. The van der Waals surface area contributed by atoms with Crippen molar-refractivity contribution in [2.75, 3.05) is 6.61 Å². The van der Waals surface area contributed by atoms with Crippen molar-refractivity contribution in [3.63, 3.8) is 0 Å². The van der Waals surface area contributed by atoms with Gasteiger partial charge in [0.2, 0.25) is 0 Å². The molecule has 3 nitrogen and oxygen atoms in total. The molecule has 2 bridgehead atoms. The maximum absolute atomic E-state index is 5.73. The Morgan fingerprint density at radius 2 is 2.33 bits per heavy atom. The number of hydrogen-bond donors (Lipinski definition) is 0. The molecule has 0 N–H and O–H groups in total. The zero-order chi connectivity index (χ0) is 8.13. The third-order valence-electron chi connectivity index (χ3n) is 3.10. The zero-order valence-corrected chi connectivity index (χ0v) is 6.81. The molecule has 3 fully saturated rings. The van der Waals surface area contributed by atoms with Crippen LogP contribution in [0.1, 0.15) is 6.42 Å². The summed E-state index contributed by atoms with van der Waals surface area (Å²) in [5.74, 6) is 0.629. The van der Waals surface area contributed by atoms with E-state index in [1.54, 1.807) is 0 Å². The second-order valence-electron chi connectivity index (χ2n) is 3.70. The molecule has 0 aromatic carbocycles. The topological polar surface area (TPSA) is 27.7 Å². The molecular formula is C9H12O3. The molecule has 5 unspecified atom stereocenters. The van der Waals surface area contributed by atoms with Gasteiger partial charge in [-0.3, -0.25) is 0 Å². The SMILES string of the molecule is C=COC1C2CC3COC1C3O2. The normalized spacial score (nSPS) is 54.5. The minimum Gasteiger partial charge on any atom is -0.493 e. The molecule has 3 aliphatic rings. The van der Waals surface area contributed by atoms with Gasteiger partial charge in [0, 0.05) is 5.92 Å². The maximum Gasteiger partial charge on any atom is 0.152 e. The Kier molecular flexibility index (Phi) is 1.29. The van der Waals surface area contributed by atoms with Crippen LogP contribution in [0, 0.1) is 5.92 Å². The van der Waals surface area contributed by atoms with Crippen LogP contribution >= 0.6 is 0 Å². The van der Waals surface area contributed by atoms with Gasteiger partial charge in [0.05, 0.1) is 25.1 Å². The Bertz CT molecular complexity index is 214. The zero-order valence-electron chi connectivity index (χ0n) is 6.81. The largest absolute Gasteiger partial charge is 0.493 e. The summed E-state index contributed by atoms with van der Waals surface area (Å²) in [4.78, 5) is 0. The molecule has 0 aromatic heterocycles. The summed E-state index contributed by atoms with van der Waals surface area (Å²) in [7, 11) is 0. The Balaban J connectivity index is 1.85. The fourth-order valence-corrected chi connectivity index (χ4v) is 2.62. The summed E-state index contributed by atoms with van der Waals surface area (Å²) >= 11 is 0. The van der Waals surface area contributed by atoms with Gasteiger partial charge in [0.15, 0.2) is 6.10 Å². The van der Waals surface area contributed by atoms with E-state index >= 15 is 0 Å². The highest BCUT2D eigenvalue weighted by Gasteiger charge is 2.59. The van der Waals surface area contributed by atoms with E-state index in [0.29, 0.717) is 12.0 Å². The predicted molar refractivity (Wildman–Crippen MR) is 41.6 cm³/mol. The molecule has 3 saturated heterocycles. The van der Waals surface area contributed by atoms with Gasteiger partial charge in [-0.1, -0.05) is 6.58 Å². The molecule has 3 heteroatoms. The van der Waals surface area contributed by atoms with E-state index in [1.165, 1.54) is 6.26 Å². The lowest BCUT2D eigenvalue weighted by Gasteiger charge is -2.22. The van der Waals surface area contributed by atoms with Crippen LogP contribution in [-0.2, 0) is 14.2 Å². The van der Waals surface area contributed by atoms with Gasteiger partial charge in [-0.15, -0.1) is 0 Å². The molecule has 0 saturated carbocycles. The van der Waals surface area contributed by atoms with Crippen LogP contribution in [0.4, 0.5) is 0 Å². The highest BCUT2D eigenvalue weighted by molar-refractivity contribution is 5.07. The summed E-state index contributed by atoms with van der Waals surface area (Å²) in [5.41, 5.74) is 0. The fourth-order valence-electron chi connectivity index (χ4n) is 2.62. The van der Waals surface area contributed by atoms with Crippen LogP contribution in [-0.4, -0.2) is 31.0 Å². The lowest BCUT2D eigenvalue weighted by atomic mass is 9.88. The molecule has 0 radical (unpaired) electrons. The van der Waals surface area contributed by atoms with Gasteiger partial charge in [-0.2, -0.15) is 0 Å². The van der Waals surface area contributed by atoms with Gasteiger partial charge in [-0.25, -0.2) is 0 Å². The van der Waals surface area contributed by atoms with Crippen LogP contribution in [0.15, 0.2) is 12.8 Å². The van der Waals surface area contributed by atoms with Gasteiger partial charge < -0.3 is 14.2 Å². The summed E-state index contributed by atoms with van der Waals surface area (Å²) < 4.78 is 16.7. The Morgan fingerprint density at radius 1 is 1.42 bits per heavy atom. The molecule has 0 spiro atoms. The lowest BCUT2D eigenvalue weighted by Crippen LogP contribution is -2.37. The molecule has 5 atom stereocenters. The highest BCUT2D eigenvalue weighted by Crippen LogP contribution is 2.46. The van der Waals surface area contributed by atoms with Gasteiger partial charge >= 0.3 is 0 Å². The molecule has 0 aliphatic carbocycles. The molecule has 0 amide bonds.